The molecule has 4 unspecified atom stereocenters. The van der Waals surface area contributed by atoms with Crippen LogP contribution in [0.5, 0.6) is 0 Å². The Labute approximate surface area is 119 Å². The third-order valence-electron chi connectivity index (χ3n) is 5.08. The van der Waals surface area contributed by atoms with Gasteiger partial charge >= 0.3 is 0 Å². The first kappa shape index (κ1) is 12.8. The minimum Gasteiger partial charge on any atom is -0.374 e. The van der Waals surface area contributed by atoms with E-state index in [1.165, 1.54) is 0 Å². The molecule has 0 aliphatic carbocycles. The molecule has 3 aliphatic rings. The van der Waals surface area contributed by atoms with Gasteiger partial charge in [-0.2, -0.15) is 4.31 Å². The van der Waals surface area contributed by atoms with E-state index in [4.69, 9.17) is 4.74 Å². The van der Waals surface area contributed by atoms with E-state index in [0.717, 1.165) is 18.4 Å². The SMILES string of the molecule is Cc1ccc(S(=O)(=O)N2CC3C4CCC(O4)C3C2)cc1. The second-order valence-corrected chi connectivity index (χ2v) is 8.19. The Morgan fingerprint density at radius 2 is 1.60 bits per heavy atom. The van der Waals surface area contributed by atoms with E-state index in [-0.39, 0.29) is 0 Å². The minimum atomic E-state index is -3.34. The van der Waals surface area contributed by atoms with Crippen molar-refractivity contribution in [2.45, 2.75) is 36.9 Å². The summed E-state index contributed by atoms with van der Waals surface area (Å²) in [6, 6.07) is 7.14. The van der Waals surface area contributed by atoms with Crippen LogP contribution < -0.4 is 0 Å². The molecule has 4 nitrogen and oxygen atoms in total. The second kappa shape index (κ2) is 4.29. The zero-order chi connectivity index (χ0) is 13.9. The summed E-state index contributed by atoms with van der Waals surface area (Å²) in [5.41, 5.74) is 1.08. The van der Waals surface area contributed by atoms with Crippen LogP contribution in [0, 0.1) is 18.8 Å². The number of rotatable bonds is 2. The number of ether oxygens (including phenoxy) is 1. The van der Waals surface area contributed by atoms with Crippen molar-refractivity contribution in [2.75, 3.05) is 13.1 Å². The molecule has 3 aliphatic heterocycles. The number of benzene rings is 1. The van der Waals surface area contributed by atoms with Crippen molar-refractivity contribution in [1.82, 2.24) is 4.31 Å². The summed E-state index contributed by atoms with van der Waals surface area (Å²) >= 11 is 0. The standard InChI is InChI=1S/C15H19NO3S/c1-10-2-4-11(5-3-10)20(17,18)16-8-12-13(9-16)15-7-6-14(12)19-15/h2-5,12-15H,6-9H2,1H3. The highest BCUT2D eigenvalue weighted by Crippen LogP contribution is 2.48. The minimum absolute atomic E-state index is 0.295. The van der Waals surface area contributed by atoms with Gasteiger partial charge in [0.25, 0.3) is 0 Å². The van der Waals surface area contributed by atoms with Gasteiger partial charge in [-0.1, -0.05) is 17.7 Å². The van der Waals surface area contributed by atoms with E-state index in [9.17, 15) is 8.42 Å². The number of aryl methyl sites for hydroxylation is 1. The molecular formula is C15H19NO3S. The maximum Gasteiger partial charge on any atom is 0.243 e. The molecule has 3 fully saturated rings. The summed E-state index contributed by atoms with van der Waals surface area (Å²) in [6.45, 7) is 3.22. The summed E-state index contributed by atoms with van der Waals surface area (Å²) in [6.07, 6.45) is 2.79. The van der Waals surface area contributed by atoms with Gasteiger partial charge < -0.3 is 4.74 Å². The largest absolute Gasteiger partial charge is 0.374 e. The highest BCUT2D eigenvalue weighted by atomic mass is 32.2. The summed E-state index contributed by atoms with van der Waals surface area (Å²) < 4.78 is 33.0. The van der Waals surface area contributed by atoms with Gasteiger partial charge in [-0.05, 0) is 31.9 Å². The van der Waals surface area contributed by atoms with Crippen LogP contribution in [0.15, 0.2) is 29.2 Å². The van der Waals surface area contributed by atoms with Gasteiger partial charge in [0.05, 0.1) is 17.1 Å². The van der Waals surface area contributed by atoms with Gasteiger partial charge in [-0.3, -0.25) is 0 Å². The van der Waals surface area contributed by atoms with Crippen molar-refractivity contribution in [3.05, 3.63) is 29.8 Å². The molecule has 3 heterocycles. The number of sulfonamides is 1. The van der Waals surface area contributed by atoms with Crippen LogP contribution in [-0.2, 0) is 14.8 Å². The molecule has 0 amide bonds. The predicted molar refractivity (Wildman–Crippen MR) is 74.8 cm³/mol. The van der Waals surface area contributed by atoms with Crippen molar-refractivity contribution in [2.24, 2.45) is 11.8 Å². The van der Waals surface area contributed by atoms with Gasteiger partial charge in [0.2, 0.25) is 10.0 Å². The molecule has 1 aromatic carbocycles. The predicted octanol–water partition coefficient (Wildman–Crippen LogP) is 1.79. The smallest absolute Gasteiger partial charge is 0.243 e. The van der Waals surface area contributed by atoms with Crippen molar-refractivity contribution in [1.29, 1.82) is 0 Å². The second-order valence-electron chi connectivity index (χ2n) is 6.25. The van der Waals surface area contributed by atoms with Crippen LogP contribution >= 0.6 is 0 Å². The fourth-order valence-corrected chi connectivity index (χ4v) is 5.49. The average molecular weight is 293 g/mol. The maximum absolute atomic E-state index is 12.7. The molecule has 0 radical (unpaired) electrons. The lowest BCUT2D eigenvalue weighted by Crippen LogP contribution is -2.31. The Kier molecular flexibility index (Phi) is 2.75. The summed E-state index contributed by atoms with van der Waals surface area (Å²) in [5, 5.41) is 0. The molecule has 0 N–H and O–H groups in total. The Balaban J connectivity index is 1.61. The fraction of sp³-hybridized carbons (Fsp3) is 0.600. The maximum atomic E-state index is 12.7. The van der Waals surface area contributed by atoms with E-state index in [0.29, 0.717) is 42.0 Å². The van der Waals surface area contributed by atoms with E-state index in [1.54, 1.807) is 16.4 Å². The molecular weight excluding hydrogens is 274 g/mol. The number of nitrogens with zero attached hydrogens (tertiary/aromatic N) is 1. The monoisotopic (exact) mass is 293 g/mol. The fourth-order valence-electron chi connectivity index (χ4n) is 3.98. The Morgan fingerprint density at radius 3 is 2.15 bits per heavy atom. The van der Waals surface area contributed by atoms with Crippen molar-refractivity contribution in [3.8, 4) is 0 Å². The number of hydrogen-bond donors (Lipinski definition) is 0. The van der Waals surface area contributed by atoms with Gasteiger partial charge in [0.15, 0.2) is 0 Å². The van der Waals surface area contributed by atoms with Crippen LogP contribution in [-0.4, -0.2) is 38.0 Å². The lowest BCUT2D eigenvalue weighted by molar-refractivity contribution is 0.0779. The molecule has 0 saturated carbocycles. The molecule has 0 aromatic heterocycles. The van der Waals surface area contributed by atoms with Crippen molar-refractivity contribution >= 4 is 10.0 Å². The summed E-state index contributed by atoms with van der Waals surface area (Å²) in [5.74, 6) is 0.822. The van der Waals surface area contributed by atoms with E-state index >= 15 is 0 Å². The lowest BCUT2D eigenvalue weighted by Gasteiger charge is -2.18. The molecule has 20 heavy (non-hydrogen) atoms. The first-order chi connectivity index (χ1) is 9.55. The van der Waals surface area contributed by atoms with Crippen LogP contribution in [0.4, 0.5) is 0 Å². The lowest BCUT2D eigenvalue weighted by atomic mass is 9.82. The molecule has 0 spiro atoms. The van der Waals surface area contributed by atoms with Crippen LogP contribution in [0.25, 0.3) is 0 Å². The van der Waals surface area contributed by atoms with Crippen LogP contribution in [0.3, 0.4) is 0 Å². The zero-order valence-corrected chi connectivity index (χ0v) is 12.3. The topological polar surface area (TPSA) is 46.6 Å². The van der Waals surface area contributed by atoms with E-state index < -0.39 is 10.0 Å². The van der Waals surface area contributed by atoms with Crippen molar-refractivity contribution in [3.63, 3.8) is 0 Å². The molecule has 4 atom stereocenters. The average Bonchev–Trinajstić information content (AvgIpc) is 3.12. The molecule has 3 saturated heterocycles. The zero-order valence-electron chi connectivity index (χ0n) is 11.5. The molecule has 5 heteroatoms. The van der Waals surface area contributed by atoms with E-state index in [1.807, 2.05) is 19.1 Å². The summed E-state index contributed by atoms with van der Waals surface area (Å²) in [7, 11) is -3.34. The molecule has 1 aromatic rings. The van der Waals surface area contributed by atoms with Gasteiger partial charge in [0, 0.05) is 24.9 Å². The first-order valence-electron chi connectivity index (χ1n) is 7.28. The van der Waals surface area contributed by atoms with Crippen molar-refractivity contribution < 1.29 is 13.2 Å². The molecule has 4 rings (SSSR count). The van der Waals surface area contributed by atoms with Gasteiger partial charge in [0.1, 0.15) is 0 Å². The quantitative estimate of drug-likeness (QED) is 0.835. The Morgan fingerprint density at radius 1 is 1.05 bits per heavy atom. The molecule has 108 valence electrons. The Bertz CT molecular complexity index is 607. The van der Waals surface area contributed by atoms with Gasteiger partial charge in [-0.15, -0.1) is 0 Å². The van der Waals surface area contributed by atoms with Crippen LogP contribution in [0.1, 0.15) is 18.4 Å². The number of fused-ring (bicyclic) bond motifs is 5. The normalized spacial score (nSPS) is 36.5. The highest BCUT2D eigenvalue weighted by molar-refractivity contribution is 7.89. The van der Waals surface area contributed by atoms with E-state index in [2.05, 4.69) is 0 Å². The third-order valence-corrected chi connectivity index (χ3v) is 6.92. The van der Waals surface area contributed by atoms with Gasteiger partial charge in [-0.25, -0.2) is 8.42 Å². The van der Waals surface area contributed by atoms with Crippen LogP contribution in [0.2, 0.25) is 0 Å². The highest BCUT2D eigenvalue weighted by Gasteiger charge is 2.54. The first-order valence-corrected chi connectivity index (χ1v) is 8.72. The third kappa shape index (κ3) is 1.76. The summed E-state index contributed by atoms with van der Waals surface area (Å²) in [4.78, 5) is 0.413. The Hall–Kier alpha value is -0.910. The number of hydrogen-bond acceptors (Lipinski definition) is 3. The molecule has 2 bridgehead atoms.